The lowest BCUT2D eigenvalue weighted by Gasteiger charge is -2.40. The standard InChI is InChI=1S/C33H46N4O6S/c1-21-9-14-24(30-28(40)27(39)29(41)31(43-30)44-5)20-25(21)19-23-12-10-22(11-13-23)7-6-8-26(38)36-33(2,3)32(42)35-16-18-37(4)17-15-34/h9-14,20,27-31,39-41H,6-8,16-19H2,1-5H3,(H,35,42)(H,36,38)/t27-,28-,29+,30+,31-/m1/s1. The summed E-state index contributed by atoms with van der Waals surface area (Å²) in [5, 5.41) is 45.5. The van der Waals surface area contributed by atoms with Crippen molar-refractivity contribution in [3.63, 3.8) is 0 Å². The summed E-state index contributed by atoms with van der Waals surface area (Å²) in [6.45, 7) is 6.60. The molecule has 1 fully saturated rings. The number of nitrogens with zero attached hydrogens (tertiary/aromatic N) is 2. The quantitative estimate of drug-likeness (QED) is 0.199. The molecule has 2 amide bonds. The maximum atomic E-state index is 12.6. The van der Waals surface area contributed by atoms with E-state index < -0.39 is 35.4 Å². The second kappa shape index (κ2) is 16.4. The Balaban J connectivity index is 1.50. The molecule has 1 aliphatic heterocycles. The molecule has 1 saturated heterocycles. The molecule has 1 heterocycles. The summed E-state index contributed by atoms with van der Waals surface area (Å²) in [5.41, 5.74) is 3.47. The highest BCUT2D eigenvalue weighted by atomic mass is 32.2. The van der Waals surface area contributed by atoms with E-state index in [-0.39, 0.29) is 18.4 Å². The van der Waals surface area contributed by atoms with Gasteiger partial charge in [0, 0.05) is 19.5 Å². The second-order valence-corrected chi connectivity index (χ2v) is 12.9. The first-order chi connectivity index (χ1) is 20.9. The normalized spacial score (nSPS) is 22.0. The molecule has 0 unspecified atom stereocenters. The van der Waals surface area contributed by atoms with Gasteiger partial charge in [0.25, 0.3) is 0 Å². The van der Waals surface area contributed by atoms with E-state index in [2.05, 4.69) is 41.0 Å². The van der Waals surface area contributed by atoms with Crippen LogP contribution < -0.4 is 10.6 Å². The molecular formula is C33H46N4O6S. The van der Waals surface area contributed by atoms with Crippen molar-refractivity contribution < 1.29 is 29.6 Å². The summed E-state index contributed by atoms with van der Waals surface area (Å²) in [6.07, 6.45) is -0.299. The fourth-order valence-electron chi connectivity index (χ4n) is 5.12. The molecule has 0 spiro atoms. The number of amides is 2. The van der Waals surface area contributed by atoms with E-state index in [1.54, 1.807) is 32.1 Å². The van der Waals surface area contributed by atoms with E-state index in [0.717, 1.165) is 34.2 Å². The predicted molar refractivity (Wildman–Crippen MR) is 171 cm³/mol. The van der Waals surface area contributed by atoms with Gasteiger partial charge in [0.15, 0.2) is 0 Å². The van der Waals surface area contributed by atoms with Gasteiger partial charge in [0.05, 0.1) is 12.6 Å². The van der Waals surface area contributed by atoms with Crippen LogP contribution >= 0.6 is 11.8 Å². The summed E-state index contributed by atoms with van der Waals surface area (Å²) in [6, 6.07) is 16.2. The second-order valence-electron chi connectivity index (χ2n) is 12.0. The third kappa shape index (κ3) is 9.76. The number of carbonyl (C=O) groups excluding carboxylic acids is 2. The molecule has 2 aromatic carbocycles. The molecule has 0 aliphatic carbocycles. The van der Waals surface area contributed by atoms with Crippen LogP contribution in [0.4, 0.5) is 0 Å². The number of nitrogens with one attached hydrogen (secondary N) is 2. The molecule has 0 aromatic heterocycles. The maximum absolute atomic E-state index is 12.6. The van der Waals surface area contributed by atoms with E-state index in [1.165, 1.54) is 11.8 Å². The van der Waals surface area contributed by atoms with E-state index in [1.807, 2.05) is 25.1 Å². The topological polar surface area (TPSA) is 155 Å². The summed E-state index contributed by atoms with van der Waals surface area (Å²) in [5.74, 6) is -0.452. The fourth-order valence-corrected chi connectivity index (χ4v) is 5.79. The average Bonchev–Trinajstić information content (AvgIpc) is 2.98. The largest absolute Gasteiger partial charge is 0.387 e. The molecule has 44 heavy (non-hydrogen) atoms. The number of rotatable bonds is 14. The van der Waals surface area contributed by atoms with Gasteiger partial charge in [-0.15, -0.1) is 11.8 Å². The Morgan fingerprint density at radius 2 is 1.75 bits per heavy atom. The van der Waals surface area contributed by atoms with Crippen molar-refractivity contribution in [3.8, 4) is 6.07 Å². The molecule has 11 heteroatoms. The highest BCUT2D eigenvalue weighted by Gasteiger charge is 2.44. The van der Waals surface area contributed by atoms with Gasteiger partial charge in [0.1, 0.15) is 35.4 Å². The van der Waals surface area contributed by atoms with E-state index in [9.17, 15) is 24.9 Å². The van der Waals surface area contributed by atoms with Crippen LogP contribution in [0, 0.1) is 18.3 Å². The number of nitriles is 1. The first-order valence-electron chi connectivity index (χ1n) is 14.9. The zero-order chi connectivity index (χ0) is 32.4. The van der Waals surface area contributed by atoms with Crippen molar-refractivity contribution in [2.45, 2.75) is 81.8 Å². The number of ether oxygens (including phenoxy) is 1. The predicted octanol–water partition coefficient (Wildman–Crippen LogP) is 2.22. The Kier molecular flexibility index (Phi) is 13.2. The molecule has 0 radical (unpaired) electrons. The van der Waals surface area contributed by atoms with Gasteiger partial charge in [0.2, 0.25) is 11.8 Å². The van der Waals surface area contributed by atoms with Gasteiger partial charge in [-0.25, -0.2) is 0 Å². The summed E-state index contributed by atoms with van der Waals surface area (Å²) >= 11 is 1.29. The van der Waals surface area contributed by atoms with E-state index >= 15 is 0 Å². The van der Waals surface area contributed by atoms with Crippen LogP contribution in [-0.4, -0.2) is 94.3 Å². The number of aliphatic hydroxyl groups is 3. The highest BCUT2D eigenvalue weighted by molar-refractivity contribution is 7.99. The Morgan fingerprint density at radius 3 is 2.41 bits per heavy atom. The zero-order valence-electron chi connectivity index (χ0n) is 26.2. The minimum absolute atomic E-state index is 0.184. The lowest BCUT2D eigenvalue weighted by Crippen LogP contribution is -2.55. The average molecular weight is 627 g/mol. The zero-order valence-corrected chi connectivity index (χ0v) is 27.1. The molecule has 3 rings (SSSR count). The van der Waals surface area contributed by atoms with Crippen molar-refractivity contribution in [2.75, 3.05) is 32.9 Å². The van der Waals surface area contributed by atoms with Gasteiger partial charge < -0.3 is 30.7 Å². The lowest BCUT2D eigenvalue weighted by molar-refractivity contribution is -0.200. The van der Waals surface area contributed by atoms with Crippen molar-refractivity contribution in [3.05, 3.63) is 70.3 Å². The summed E-state index contributed by atoms with van der Waals surface area (Å²) < 4.78 is 5.94. The number of hydrogen-bond donors (Lipinski definition) is 5. The van der Waals surface area contributed by atoms with Crippen LogP contribution in [-0.2, 0) is 27.2 Å². The number of carbonyl (C=O) groups is 2. The molecular weight excluding hydrogens is 580 g/mol. The third-order valence-electron chi connectivity index (χ3n) is 7.93. The summed E-state index contributed by atoms with van der Waals surface area (Å²) in [7, 11) is 1.80. The Bertz CT molecular complexity index is 1300. The van der Waals surface area contributed by atoms with Crippen molar-refractivity contribution in [1.29, 1.82) is 5.26 Å². The molecule has 10 nitrogen and oxygen atoms in total. The van der Waals surface area contributed by atoms with Crippen molar-refractivity contribution in [1.82, 2.24) is 15.5 Å². The van der Waals surface area contributed by atoms with Crippen LogP contribution in [0.2, 0.25) is 0 Å². The van der Waals surface area contributed by atoms with Gasteiger partial charge >= 0.3 is 0 Å². The first kappa shape index (κ1) is 35.5. The summed E-state index contributed by atoms with van der Waals surface area (Å²) in [4.78, 5) is 26.9. The smallest absolute Gasteiger partial charge is 0.245 e. The Labute approximate surface area is 264 Å². The van der Waals surface area contributed by atoms with Crippen LogP contribution in [0.5, 0.6) is 0 Å². The monoisotopic (exact) mass is 626 g/mol. The number of aliphatic hydroxyl groups excluding tert-OH is 3. The number of benzene rings is 2. The molecule has 0 bridgehead atoms. The minimum atomic E-state index is -1.29. The first-order valence-corrected chi connectivity index (χ1v) is 16.2. The molecule has 0 saturated carbocycles. The molecule has 2 aromatic rings. The van der Waals surface area contributed by atoms with Gasteiger partial charge in [-0.2, -0.15) is 5.26 Å². The Morgan fingerprint density at radius 1 is 1.07 bits per heavy atom. The van der Waals surface area contributed by atoms with Gasteiger partial charge in [-0.3, -0.25) is 14.5 Å². The van der Waals surface area contributed by atoms with Crippen molar-refractivity contribution >= 4 is 23.6 Å². The number of aryl methyl sites for hydroxylation is 2. The number of hydrogen-bond acceptors (Lipinski definition) is 9. The van der Waals surface area contributed by atoms with Gasteiger partial charge in [-0.05, 0) is 81.2 Å². The van der Waals surface area contributed by atoms with E-state index in [4.69, 9.17) is 10.00 Å². The third-order valence-corrected chi connectivity index (χ3v) is 8.78. The Hall–Kier alpha value is -2.98. The molecule has 1 aliphatic rings. The number of likely N-dealkylation sites (N-methyl/N-ethyl adjacent to an activating group) is 1. The van der Waals surface area contributed by atoms with E-state index in [0.29, 0.717) is 32.4 Å². The fraction of sp³-hybridized carbons (Fsp3) is 0.545. The number of thioether (sulfide) groups is 1. The minimum Gasteiger partial charge on any atom is -0.387 e. The molecule has 5 atom stereocenters. The maximum Gasteiger partial charge on any atom is 0.245 e. The van der Waals surface area contributed by atoms with Gasteiger partial charge in [-0.1, -0.05) is 42.5 Å². The van der Waals surface area contributed by atoms with Crippen LogP contribution in [0.3, 0.4) is 0 Å². The van der Waals surface area contributed by atoms with Crippen LogP contribution in [0.15, 0.2) is 42.5 Å². The highest BCUT2D eigenvalue weighted by Crippen LogP contribution is 2.36. The van der Waals surface area contributed by atoms with Crippen molar-refractivity contribution in [2.24, 2.45) is 0 Å². The lowest BCUT2D eigenvalue weighted by atomic mass is 9.91. The molecule has 240 valence electrons. The van der Waals surface area contributed by atoms with Crippen LogP contribution in [0.25, 0.3) is 0 Å². The van der Waals surface area contributed by atoms with Crippen LogP contribution in [0.1, 0.15) is 60.6 Å². The molecule has 5 N–H and O–H groups in total. The SMILES string of the molecule is CS[C@H]1O[C@@H](c2ccc(C)c(Cc3ccc(CCCC(=O)NC(C)(C)C(=O)NCCN(C)CC#N)cc3)c2)[C@H](O)[C@@H](O)[C@@H]1O.